The lowest BCUT2D eigenvalue weighted by molar-refractivity contribution is -0.137. The molecular weight excluding hydrogens is 331 g/mol. The van der Waals surface area contributed by atoms with Gasteiger partial charge in [-0.05, 0) is 19.1 Å². The van der Waals surface area contributed by atoms with Gasteiger partial charge in [-0.15, -0.1) is 0 Å². The predicted octanol–water partition coefficient (Wildman–Crippen LogP) is 3.00. The normalized spacial score (nSPS) is 15.2. The Morgan fingerprint density at radius 2 is 1.76 bits per heavy atom. The first-order valence-electron chi connectivity index (χ1n) is 7.79. The lowest BCUT2D eigenvalue weighted by Crippen LogP contribution is -2.47. The van der Waals surface area contributed by atoms with E-state index in [1.807, 2.05) is 17.9 Å². The number of aryl methyl sites for hydroxylation is 1. The molecule has 2 heterocycles. The van der Waals surface area contributed by atoms with Crippen molar-refractivity contribution in [1.82, 2.24) is 9.97 Å². The molecule has 0 unspecified atom stereocenters. The highest BCUT2D eigenvalue weighted by atomic mass is 19.4. The highest BCUT2D eigenvalue weighted by Gasteiger charge is 2.35. The third-order valence-electron chi connectivity index (χ3n) is 4.19. The van der Waals surface area contributed by atoms with Crippen LogP contribution in [0.3, 0.4) is 0 Å². The molecule has 1 aliphatic rings. The van der Waals surface area contributed by atoms with Crippen molar-refractivity contribution in [2.75, 3.05) is 36.0 Å². The van der Waals surface area contributed by atoms with Crippen LogP contribution in [-0.2, 0) is 6.18 Å². The van der Waals surface area contributed by atoms with Crippen molar-refractivity contribution in [2.24, 2.45) is 0 Å². The number of piperazine rings is 1. The van der Waals surface area contributed by atoms with E-state index in [4.69, 9.17) is 0 Å². The minimum absolute atomic E-state index is 0.318. The molecule has 0 radical (unpaired) electrons. The molecule has 130 valence electrons. The smallest absolute Gasteiger partial charge is 0.367 e. The van der Waals surface area contributed by atoms with E-state index in [-0.39, 0.29) is 5.56 Å². The summed E-state index contributed by atoms with van der Waals surface area (Å²) in [7, 11) is 0. The molecule has 0 N–H and O–H groups in total. The third-order valence-corrected chi connectivity index (χ3v) is 4.19. The Morgan fingerprint density at radius 1 is 1.08 bits per heavy atom. The van der Waals surface area contributed by atoms with E-state index in [2.05, 4.69) is 14.9 Å². The van der Waals surface area contributed by atoms with Gasteiger partial charge in [-0.1, -0.05) is 6.07 Å². The number of anilines is 2. The first-order chi connectivity index (χ1) is 11.9. The van der Waals surface area contributed by atoms with E-state index in [0.29, 0.717) is 31.9 Å². The van der Waals surface area contributed by atoms with Crippen molar-refractivity contribution in [3.63, 3.8) is 0 Å². The molecule has 25 heavy (non-hydrogen) atoms. The van der Waals surface area contributed by atoms with Crippen LogP contribution in [0.2, 0.25) is 0 Å². The van der Waals surface area contributed by atoms with E-state index in [0.717, 1.165) is 17.6 Å². The molecular formula is C17H16F3N5. The molecule has 0 bridgehead atoms. The second-order valence-corrected chi connectivity index (χ2v) is 5.80. The zero-order valence-corrected chi connectivity index (χ0v) is 13.6. The van der Waals surface area contributed by atoms with Gasteiger partial charge in [-0.2, -0.15) is 18.4 Å². The van der Waals surface area contributed by atoms with Gasteiger partial charge in [0, 0.05) is 37.9 Å². The second kappa shape index (κ2) is 6.59. The van der Waals surface area contributed by atoms with Crippen LogP contribution in [0.15, 0.2) is 30.6 Å². The van der Waals surface area contributed by atoms with E-state index in [1.54, 1.807) is 12.1 Å². The largest absolute Gasteiger partial charge is 0.417 e. The van der Waals surface area contributed by atoms with Crippen molar-refractivity contribution in [2.45, 2.75) is 13.1 Å². The van der Waals surface area contributed by atoms with Gasteiger partial charge in [-0.25, -0.2) is 9.97 Å². The fourth-order valence-electron chi connectivity index (χ4n) is 2.95. The molecule has 0 spiro atoms. The molecule has 1 aromatic heterocycles. The summed E-state index contributed by atoms with van der Waals surface area (Å²) in [6.45, 7) is 4.12. The SMILES string of the molecule is Cc1cc(N2CCN(c3cccc(C(F)(F)F)c3C#N)CC2)ncn1. The van der Waals surface area contributed by atoms with Crippen LogP contribution in [0.4, 0.5) is 24.7 Å². The second-order valence-electron chi connectivity index (χ2n) is 5.80. The Hall–Kier alpha value is -2.82. The van der Waals surface area contributed by atoms with Gasteiger partial charge in [0.05, 0.1) is 16.8 Å². The number of nitriles is 1. The predicted molar refractivity (Wildman–Crippen MR) is 87.4 cm³/mol. The van der Waals surface area contributed by atoms with Gasteiger partial charge in [0.2, 0.25) is 0 Å². The summed E-state index contributed by atoms with van der Waals surface area (Å²) in [5, 5.41) is 9.25. The Balaban J connectivity index is 1.81. The Kier molecular flexibility index (Phi) is 4.49. The average molecular weight is 347 g/mol. The molecule has 1 saturated heterocycles. The van der Waals surface area contributed by atoms with Gasteiger partial charge in [0.1, 0.15) is 18.2 Å². The van der Waals surface area contributed by atoms with Gasteiger partial charge in [-0.3, -0.25) is 0 Å². The molecule has 3 rings (SSSR count). The molecule has 2 aromatic rings. The van der Waals surface area contributed by atoms with Crippen molar-refractivity contribution in [3.8, 4) is 6.07 Å². The van der Waals surface area contributed by atoms with Crippen molar-refractivity contribution < 1.29 is 13.2 Å². The van der Waals surface area contributed by atoms with Crippen molar-refractivity contribution in [3.05, 3.63) is 47.4 Å². The van der Waals surface area contributed by atoms with E-state index < -0.39 is 11.7 Å². The van der Waals surface area contributed by atoms with Crippen LogP contribution in [0, 0.1) is 18.3 Å². The highest BCUT2D eigenvalue weighted by Crippen LogP contribution is 2.36. The lowest BCUT2D eigenvalue weighted by atomic mass is 10.0. The van der Waals surface area contributed by atoms with Gasteiger partial charge < -0.3 is 9.80 Å². The number of halogens is 3. The molecule has 1 aliphatic heterocycles. The third kappa shape index (κ3) is 3.50. The topological polar surface area (TPSA) is 56.0 Å². The lowest BCUT2D eigenvalue weighted by Gasteiger charge is -2.37. The number of benzene rings is 1. The maximum absolute atomic E-state index is 13.1. The minimum atomic E-state index is -4.54. The molecule has 1 fully saturated rings. The molecule has 8 heteroatoms. The average Bonchev–Trinajstić information content (AvgIpc) is 2.60. The Morgan fingerprint density at radius 3 is 2.36 bits per heavy atom. The molecule has 1 aromatic carbocycles. The van der Waals surface area contributed by atoms with Crippen LogP contribution < -0.4 is 9.80 Å². The number of nitrogens with zero attached hydrogens (tertiary/aromatic N) is 5. The maximum atomic E-state index is 13.1. The number of alkyl halides is 3. The highest BCUT2D eigenvalue weighted by molar-refractivity contribution is 5.64. The molecule has 5 nitrogen and oxygen atoms in total. The minimum Gasteiger partial charge on any atom is -0.367 e. The van der Waals surface area contributed by atoms with E-state index >= 15 is 0 Å². The number of hydrogen-bond acceptors (Lipinski definition) is 5. The molecule has 0 aliphatic carbocycles. The van der Waals surface area contributed by atoms with E-state index in [1.165, 1.54) is 12.4 Å². The van der Waals surface area contributed by atoms with E-state index in [9.17, 15) is 18.4 Å². The number of rotatable bonds is 2. The zero-order chi connectivity index (χ0) is 18.0. The molecule has 0 amide bonds. The maximum Gasteiger partial charge on any atom is 0.417 e. The molecule has 0 atom stereocenters. The Bertz CT molecular complexity index is 805. The van der Waals surface area contributed by atoms with Crippen molar-refractivity contribution >= 4 is 11.5 Å². The van der Waals surface area contributed by atoms with Gasteiger partial charge >= 0.3 is 6.18 Å². The summed E-state index contributed by atoms with van der Waals surface area (Å²) in [5.41, 5.74) is -0.0180. The summed E-state index contributed by atoms with van der Waals surface area (Å²) in [4.78, 5) is 12.2. The summed E-state index contributed by atoms with van der Waals surface area (Å²) < 4.78 is 39.3. The Labute approximate surface area is 143 Å². The van der Waals surface area contributed by atoms with Crippen LogP contribution in [0.25, 0.3) is 0 Å². The quantitative estimate of drug-likeness (QED) is 0.836. The number of hydrogen-bond donors (Lipinski definition) is 0. The zero-order valence-electron chi connectivity index (χ0n) is 13.6. The van der Waals surface area contributed by atoms with Crippen LogP contribution in [0.1, 0.15) is 16.8 Å². The monoisotopic (exact) mass is 347 g/mol. The summed E-state index contributed by atoms with van der Waals surface area (Å²) in [5.74, 6) is 0.802. The number of aromatic nitrogens is 2. The summed E-state index contributed by atoms with van der Waals surface area (Å²) in [6.07, 6.45) is -3.04. The summed E-state index contributed by atoms with van der Waals surface area (Å²) in [6, 6.07) is 7.46. The van der Waals surface area contributed by atoms with Gasteiger partial charge in [0.25, 0.3) is 0 Å². The molecule has 0 saturated carbocycles. The first kappa shape index (κ1) is 17.0. The van der Waals surface area contributed by atoms with Crippen molar-refractivity contribution in [1.29, 1.82) is 5.26 Å². The van der Waals surface area contributed by atoms with Gasteiger partial charge in [0.15, 0.2) is 0 Å². The summed E-state index contributed by atoms with van der Waals surface area (Å²) >= 11 is 0. The fraction of sp³-hybridized carbons (Fsp3) is 0.353. The fourth-order valence-corrected chi connectivity index (χ4v) is 2.95. The van der Waals surface area contributed by atoms with Crippen LogP contribution in [0.5, 0.6) is 0 Å². The standard InChI is InChI=1S/C17H16F3N5/c1-12-9-16(23-11-22-12)25-7-5-24(6-8-25)15-4-2-3-14(13(15)10-21)17(18,19)20/h2-4,9,11H,5-8H2,1H3. The van der Waals surface area contributed by atoms with Crippen LogP contribution in [-0.4, -0.2) is 36.1 Å². The van der Waals surface area contributed by atoms with Crippen LogP contribution >= 0.6 is 0 Å². The first-order valence-corrected chi connectivity index (χ1v) is 7.79.